The van der Waals surface area contributed by atoms with Gasteiger partial charge in [0.1, 0.15) is 0 Å². The molecular formula is C13H15N3O2. The lowest BCUT2D eigenvalue weighted by molar-refractivity contribution is 0.146. The van der Waals surface area contributed by atoms with Gasteiger partial charge in [0.15, 0.2) is 0 Å². The number of benzene rings is 1. The Morgan fingerprint density at radius 1 is 1.39 bits per heavy atom. The molecule has 0 saturated carbocycles. The molecule has 18 heavy (non-hydrogen) atoms. The Morgan fingerprint density at radius 2 is 2.17 bits per heavy atom. The van der Waals surface area contributed by atoms with Crippen molar-refractivity contribution in [3.63, 3.8) is 0 Å². The van der Waals surface area contributed by atoms with E-state index < -0.39 is 0 Å². The molecule has 2 aliphatic heterocycles. The average Bonchev–Trinajstić information content (AvgIpc) is 3.08. The summed E-state index contributed by atoms with van der Waals surface area (Å²) in [5.41, 5.74) is 1.00. The normalized spacial score (nSPS) is 26.2. The first kappa shape index (κ1) is 11.2. The molecule has 0 bridgehead atoms. The summed E-state index contributed by atoms with van der Waals surface area (Å²) in [6, 6.07) is 9.82. The molecule has 2 fully saturated rings. The first-order valence-corrected chi connectivity index (χ1v) is 6.05. The fourth-order valence-electron chi connectivity index (χ4n) is 2.24. The van der Waals surface area contributed by atoms with Crippen molar-refractivity contribution in [1.29, 1.82) is 0 Å². The van der Waals surface area contributed by atoms with Gasteiger partial charge in [-0.1, -0.05) is 30.3 Å². The fourth-order valence-corrected chi connectivity index (χ4v) is 2.24. The molecule has 2 atom stereocenters. The monoisotopic (exact) mass is 245 g/mol. The molecule has 1 aromatic carbocycles. The molecule has 0 aromatic heterocycles. The lowest BCUT2D eigenvalue weighted by Crippen LogP contribution is -2.33. The zero-order valence-electron chi connectivity index (χ0n) is 10.0. The van der Waals surface area contributed by atoms with Crippen molar-refractivity contribution >= 4 is 12.7 Å². The average molecular weight is 245 g/mol. The van der Waals surface area contributed by atoms with E-state index in [-0.39, 0.29) is 18.3 Å². The number of aliphatic imine (C=N–C) groups is 1. The van der Waals surface area contributed by atoms with E-state index in [0.29, 0.717) is 6.54 Å². The smallest absolute Gasteiger partial charge is 0.321 e. The van der Waals surface area contributed by atoms with Crippen LogP contribution in [-0.4, -0.2) is 41.8 Å². The second-order valence-corrected chi connectivity index (χ2v) is 4.55. The number of rotatable bonds is 2. The van der Waals surface area contributed by atoms with Crippen LogP contribution < -0.4 is 0 Å². The molecule has 5 nitrogen and oxygen atoms in total. The highest BCUT2D eigenvalue weighted by molar-refractivity contribution is 5.75. The molecule has 1 aromatic rings. The number of amides is 2. The van der Waals surface area contributed by atoms with Crippen molar-refractivity contribution < 1.29 is 9.63 Å². The summed E-state index contributed by atoms with van der Waals surface area (Å²) in [7, 11) is 0. The molecule has 0 spiro atoms. The van der Waals surface area contributed by atoms with E-state index in [1.54, 1.807) is 4.90 Å². The summed E-state index contributed by atoms with van der Waals surface area (Å²) >= 11 is 0. The summed E-state index contributed by atoms with van der Waals surface area (Å²) in [6.07, 6.45) is 0.661. The van der Waals surface area contributed by atoms with E-state index in [1.807, 2.05) is 30.3 Å². The van der Waals surface area contributed by atoms with E-state index in [1.165, 1.54) is 5.06 Å². The van der Waals surface area contributed by atoms with Crippen LogP contribution in [0.3, 0.4) is 0 Å². The van der Waals surface area contributed by atoms with E-state index >= 15 is 0 Å². The maximum atomic E-state index is 12.1. The zero-order chi connectivity index (χ0) is 12.5. The summed E-state index contributed by atoms with van der Waals surface area (Å²) in [6.45, 7) is 4.90. The van der Waals surface area contributed by atoms with Crippen LogP contribution in [0, 0.1) is 0 Å². The predicted octanol–water partition coefficient (Wildman–Crippen LogP) is 1.83. The third-order valence-corrected chi connectivity index (χ3v) is 3.35. The number of likely N-dealkylation sites (tertiary alicyclic amines) is 1. The fraction of sp³-hybridized carbons (Fsp3) is 0.385. The molecule has 0 aliphatic carbocycles. The van der Waals surface area contributed by atoms with Crippen LogP contribution in [0.4, 0.5) is 4.79 Å². The van der Waals surface area contributed by atoms with Crippen molar-refractivity contribution in [1.82, 2.24) is 9.96 Å². The molecule has 0 radical (unpaired) electrons. The standard InChI is InChI=1S/C13H15N3O2/c1-14-11-7-8-15(9-11)13(17)16-12(18-16)10-5-3-2-4-6-10/h2-6,11-12H,1,7-9H2. The predicted molar refractivity (Wildman–Crippen MR) is 67.0 cm³/mol. The first-order valence-electron chi connectivity index (χ1n) is 6.05. The Bertz CT molecular complexity index is 463. The zero-order valence-corrected chi connectivity index (χ0v) is 10.0. The molecule has 94 valence electrons. The van der Waals surface area contributed by atoms with Crippen LogP contribution in [0.1, 0.15) is 18.2 Å². The lowest BCUT2D eigenvalue weighted by Gasteiger charge is -2.14. The molecule has 2 unspecified atom stereocenters. The van der Waals surface area contributed by atoms with Gasteiger partial charge >= 0.3 is 6.03 Å². The van der Waals surface area contributed by atoms with Crippen LogP contribution in [0.25, 0.3) is 0 Å². The third kappa shape index (κ3) is 1.97. The van der Waals surface area contributed by atoms with Gasteiger partial charge in [-0.3, -0.25) is 4.99 Å². The number of hydrogen-bond acceptors (Lipinski definition) is 3. The van der Waals surface area contributed by atoms with E-state index in [2.05, 4.69) is 11.7 Å². The third-order valence-electron chi connectivity index (χ3n) is 3.35. The van der Waals surface area contributed by atoms with Crippen molar-refractivity contribution in [2.45, 2.75) is 18.7 Å². The maximum absolute atomic E-state index is 12.1. The molecule has 3 rings (SSSR count). The van der Waals surface area contributed by atoms with Crippen LogP contribution in [0.15, 0.2) is 35.3 Å². The van der Waals surface area contributed by atoms with Gasteiger partial charge in [-0.15, -0.1) is 0 Å². The largest absolute Gasteiger partial charge is 0.347 e. The van der Waals surface area contributed by atoms with Gasteiger partial charge in [0.25, 0.3) is 0 Å². The van der Waals surface area contributed by atoms with Gasteiger partial charge in [-0.25, -0.2) is 9.63 Å². The number of hydroxylamine groups is 2. The van der Waals surface area contributed by atoms with Crippen LogP contribution in [0.5, 0.6) is 0 Å². The van der Waals surface area contributed by atoms with Gasteiger partial charge in [-0.05, 0) is 13.1 Å². The maximum Gasteiger partial charge on any atom is 0.347 e. The van der Waals surface area contributed by atoms with E-state index in [9.17, 15) is 4.79 Å². The highest BCUT2D eigenvalue weighted by Gasteiger charge is 2.45. The van der Waals surface area contributed by atoms with Gasteiger partial charge in [0, 0.05) is 18.7 Å². The van der Waals surface area contributed by atoms with E-state index in [4.69, 9.17) is 4.84 Å². The highest BCUT2D eigenvalue weighted by atomic mass is 16.8. The number of carbonyl (C=O) groups excluding carboxylic acids is 1. The minimum absolute atomic E-state index is 0.0741. The number of urea groups is 1. The van der Waals surface area contributed by atoms with E-state index in [0.717, 1.165) is 18.5 Å². The topological polar surface area (TPSA) is 48.2 Å². The molecule has 2 aliphatic rings. The molecule has 5 heteroatoms. The second kappa shape index (κ2) is 4.42. The second-order valence-electron chi connectivity index (χ2n) is 4.55. The minimum atomic E-state index is -0.227. The van der Waals surface area contributed by atoms with Crippen LogP contribution >= 0.6 is 0 Å². The first-order chi connectivity index (χ1) is 8.79. The Hall–Kier alpha value is -1.88. The minimum Gasteiger partial charge on any atom is -0.321 e. The van der Waals surface area contributed by atoms with Gasteiger partial charge < -0.3 is 4.90 Å². The Kier molecular flexibility index (Phi) is 2.76. The van der Waals surface area contributed by atoms with Crippen molar-refractivity contribution in [2.75, 3.05) is 13.1 Å². The molecule has 2 saturated heterocycles. The molecule has 0 N–H and O–H groups in total. The van der Waals surface area contributed by atoms with Crippen LogP contribution in [0.2, 0.25) is 0 Å². The van der Waals surface area contributed by atoms with Crippen molar-refractivity contribution in [2.24, 2.45) is 4.99 Å². The quantitative estimate of drug-likeness (QED) is 0.589. The lowest BCUT2D eigenvalue weighted by atomic mass is 10.2. The Balaban J connectivity index is 1.61. The van der Waals surface area contributed by atoms with Crippen molar-refractivity contribution in [3.05, 3.63) is 35.9 Å². The summed E-state index contributed by atoms with van der Waals surface area (Å²) in [4.78, 5) is 23.2. The number of carbonyl (C=O) groups is 1. The SMILES string of the molecule is C=NC1CCN(C(=O)N2OC2c2ccccc2)C1. The highest BCUT2D eigenvalue weighted by Crippen LogP contribution is 2.38. The van der Waals surface area contributed by atoms with Gasteiger partial charge in [-0.2, -0.15) is 5.06 Å². The number of nitrogens with zero attached hydrogens (tertiary/aromatic N) is 3. The summed E-state index contributed by atoms with van der Waals surface area (Å²) in [5, 5.41) is 1.42. The molecule has 2 amide bonds. The Labute approximate surface area is 106 Å². The molecule has 2 heterocycles. The molecular weight excluding hydrogens is 230 g/mol. The number of hydrogen-bond donors (Lipinski definition) is 0. The van der Waals surface area contributed by atoms with Crippen molar-refractivity contribution in [3.8, 4) is 0 Å². The Morgan fingerprint density at radius 3 is 2.83 bits per heavy atom. The summed E-state index contributed by atoms with van der Waals surface area (Å²) < 4.78 is 0. The van der Waals surface area contributed by atoms with Crippen LogP contribution in [-0.2, 0) is 4.84 Å². The van der Waals surface area contributed by atoms with Gasteiger partial charge in [0.2, 0.25) is 6.23 Å². The summed E-state index contributed by atoms with van der Waals surface area (Å²) in [5.74, 6) is 0. The van der Waals surface area contributed by atoms with Gasteiger partial charge in [0.05, 0.1) is 6.04 Å².